The number of hydrogen-bond acceptors (Lipinski definition) is 2. The van der Waals surface area contributed by atoms with Crippen molar-refractivity contribution in [2.45, 2.75) is 6.92 Å². The first-order chi connectivity index (χ1) is 5.18. The van der Waals surface area contributed by atoms with Crippen LogP contribution < -0.4 is 0 Å². The minimum atomic E-state index is 0.560. The maximum Gasteiger partial charge on any atom is 0.0937 e. The Balaban J connectivity index is 0. The number of rotatable bonds is 1. The molecule has 0 rings (SSSR count). The zero-order valence-corrected chi connectivity index (χ0v) is 6.54. The van der Waals surface area contributed by atoms with Gasteiger partial charge in [-0.15, -0.1) is 0 Å². The molecular formula is C9H10N2. The van der Waals surface area contributed by atoms with Gasteiger partial charge in [0.15, 0.2) is 0 Å². The van der Waals surface area contributed by atoms with Crippen LogP contribution in [0.25, 0.3) is 0 Å². The lowest BCUT2D eigenvalue weighted by atomic mass is 10.4. The Morgan fingerprint density at radius 1 is 1.45 bits per heavy atom. The molecule has 0 heterocycles. The van der Waals surface area contributed by atoms with Crippen molar-refractivity contribution < 1.29 is 0 Å². The third-order valence-electron chi connectivity index (χ3n) is 0.498. The van der Waals surface area contributed by atoms with Crippen LogP contribution in [0.15, 0.2) is 37.0 Å². The van der Waals surface area contributed by atoms with E-state index in [9.17, 15) is 0 Å². The summed E-state index contributed by atoms with van der Waals surface area (Å²) < 4.78 is 0. The Kier molecular flexibility index (Phi) is 12.0. The highest BCUT2D eigenvalue weighted by atomic mass is 14.2. The fraction of sp³-hybridized carbons (Fsp3) is 0.111. The van der Waals surface area contributed by atoms with E-state index >= 15 is 0 Å². The number of nitrogens with zero attached hydrogens (tertiary/aromatic N) is 2. The lowest BCUT2D eigenvalue weighted by molar-refractivity contribution is 1.46. The van der Waals surface area contributed by atoms with Crippen LogP contribution in [0.1, 0.15) is 6.92 Å². The van der Waals surface area contributed by atoms with Crippen LogP contribution in [0, 0.1) is 22.7 Å². The molecule has 0 spiro atoms. The van der Waals surface area contributed by atoms with Crippen LogP contribution in [0.2, 0.25) is 0 Å². The monoisotopic (exact) mass is 146 g/mol. The lowest BCUT2D eigenvalue weighted by Gasteiger charge is -1.61. The van der Waals surface area contributed by atoms with Gasteiger partial charge in [-0.25, -0.2) is 0 Å². The molecule has 0 atom stereocenters. The molecule has 0 N–H and O–H groups in total. The summed E-state index contributed by atoms with van der Waals surface area (Å²) in [5, 5.41) is 15.6. The maximum absolute atomic E-state index is 7.81. The summed E-state index contributed by atoms with van der Waals surface area (Å²) in [6.07, 6.45) is 4.51. The Labute approximate surface area is 67.4 Å². The molecule has 0 saturated carbocycles. The molecule has 2 heteroatoms. The molecule has 0 unspecified atom stereocenters. The molecule has 0 amide bonds. The topological polar surface area (TPSA) is 47.6 Å². The average molecular weight is 146 g/mol. The summed E-state index contributed by atoms with van der Waals surface area (Å²) in [7, 11) is 0. The van der Waals surface area contributed by atoms with E-state index in [1.54, 1.807) is 19.1 Å². The van der Waals surface area contributed by atoms with Crippen molar-refractivity contribution in [2.75, 3.05) is 0 Å². The number of nitriles is 2. The van der Waals surface area contributed by atoms with Crippen molar-refractivity contribution in [3.05, 3.63) is 37.0 Å². The smallest absolute Gasteiger partial charge is 0.0937 e. The van der Waals surface area contributed by atoms with Gasteiger partial charge in [-0.3, -0.25) is 0 Å². The van der Waals surface area contributed by atoms with Crippen molar-refractivity contribution in [3.8, 4) is 12.1 Å². The van der Waals surface area contributed by atoms with Crippen LogP contribution in [-0.4, -0.2) is 0 Å². The summed E-state index contributed by atoms with van der Waals surface area (Å²) in [6.45, 7) is 8.34. The van der Waals surface area contributed by atoms with Crippen molar-refractivity contribution in [3.63, 3.8) is 0 Å². The summed E-state index contributed by atoms with van der Waals surface area (Å²) in [4.78, 5) is 0. The number of hydrogen-bond donors (Lipinski definition) is 0. The largest absolute Gasteiger partial charge is 0.193 e. The minimum absolute atomic E-state index is 0.560. The predicted octanol–water partition coefficient (Wildman–Crippen LogP) is 2.34. The molecule has 0 aromatic heterocycles. The lowest BCUT2D eigenvalue weighted by Crippen LogP contribution is -1.51. The van der Waals surface area contributed by atoms with Gasteiger partial charge in [0.2, 0.25) is 0 Å². The highest BCUT2D eigenvalue weighted by Crippen LogP contribution is 1.74. The first-order valence-corrected chi connectivity index (χ1v) is 2.91. The van der Waals surface area contributed by atoms with Gasteiger partial charge in [0, 0.05) is 11.6 Å². The fourth-order valence-electron chi connectivity index (χ4n) is 0.111. The SMILES string of the molecule is C=C(C)C#N.C=CC=CC#N. The van der Waals surface area contributed by atoms with Crippen molar-refractivity contribution >= 4 is 0 Å². The van der Waals surface area contributed by atoms with Gasteiger partial charge in [-0.2, -0.15) is 10.5 Å². The second-order valence-corrected chi connectivity index (χ2v) is 1.62. The van der Waals surface area contributed by atoms with E-state index in [0.29, 0.717) is 5.57 Å². The second-order valence-electron chi connectivity index (χ2n) is 1.62. The Morgan fingerprint density at radius 2 is 1.91 bits per heavy atom. The zero-order valence-electron chi connectivity index (χ0n) is 6.54. The van der Waals surface area contributed by atoms with Gasteiger partial charge < -0.3 is 0 Å². The molecule has 0 aliphatic carbocycles. The van der Waals surface area contributed by atoms with E-state index in [4.69, 9.17) is 10.5 Å². The quantitative estimate of drug-likeness (QED) is 0.421. The average Bonchev–Trinajstić information content (AvgIpc) is 2.02. The third-order valence-corrected chi connectivity index (χ3v) is 0.498. The fourth-order valence-corrected chi connectivity index (χ4v) is 0.111. The summed E-state index contributed by atoms with van der Waals surface area (Å²) >= 11 is 0. The van der Waals surface area contributed by atoms with Gasteiger partial charge in [-0.05, 0) is 6.92 Å². The molecule has 0 aromatic rings. The van der Waals surface area contributed by atoms with Gasteiger partial charge in [-0.1, -0.05) is 25.3 Å². The zero-order chi connectivity index (χ0) is 9.11. The number of allylic oxidation sites excluding steroid dienone is 4. The molecule has 0 aliphatic heterocycles. The van der Waals surface area contributed by atoms with E-state index in [-0.39, 0.29) is 0 Å². The molecule has 56 valence electrons. The van der Waals surface area contributed by atoms with Crippen LogP contribution in [0.3, 0.4) is 0 Å². The molecule has 0 fully saturated rings. The normalized spacial score (nSPS) is 6.82. The first kappa shape index (κ1) is 11.9. The van der Waals surface area contributed by atoms with Crippen molar-refractivity contribution in [1.29, 1.82) is 10.5 Å². The van der Waals surface area contributed by atoms with Gasteiger partial charge in [0.25, 0.3) is 0 Å². The van der Waals surface area contributed by atoms with Gasteiger partial charge in [0.1, 0.15) is 0 Å². The summed E-state index contributed by atoms with van der Waals surface area (Å²) in [5.41, 5.74) is 0.560. The molecule has 0 bridgehead atoms. The minimum Gasteiger partial charge on any atom is -0.193 e. The summed E-state index contributed by atoms with van der Waals surface area (Å²) in [5.74, 6) is 0. The maximum atomic E-state index is 7.81. The van der Waals surface area contributed by atoms with E-state index in [2.05, 4.69) is 13.2 Å². The predicted molar refractivity (Wildman–Crippen MR) is 45.4 cm³/mol. The van der Waals surface area contributed by atoms with Crippen LogP contribution in [0.5, 0.6) is 0 Å². The van der Waals surface area contributed by atoms with Crippen LogP contribution in [-0.2, 0) is 0 Å². The summed E-state index contributed by atoms with van der Waals surface area (Å²) in [6, 6.07) is 3.65. The molecule has 2 nitrogen and oxygen atoms in total. The van der Waals surface area contributed by atoms with E-state index < -0.39 is 0 Å². The standard InChI is InChI=1S/C5H5N.C4H5N/c1-2-3-4-5-6;1-4(2)3-5/h2-4H,1H2;1H2,2H3. The van der Waals surface area contributed by atoms with E-state index in [1.807, 2.05) is 12.1 Å². The van der Waals surface area contributed by atoms with E-state index in [0.717, 1.165) is 0 Å². The van der Waals surface area contributed by atoms with Crippen LogP contribution in [0.4, 0.5) is 0 Å². The van der Waals surface area contributed by atoms with Crippen molar-refractivity contribution in [2.24, 2.45) is 0 Å². The Bertz CT molecular complexity index is 223. The molecule has 0 aliphatic rings. The molecule has 11 heavy (non-hydrogen) atoms. The molecule has 0 saturated heterocycles. The highest BCUT2D eigenvalue weighted by Gasteiger charge is 1.64. The highest BCUT2D eigenvalue weighted by molar-refractivity contribution is 5.11. The molecule has 0 aromatic carbocycles. The van der Waals surface area contributed by atoms with Gasteiger partial charge in [0.05, 0.1) is 12.1 Å². The first-order valence-electron chi connectivity index (χ1n) is 2.91. The Morgan fingerprint density at radius 3 is 2.00 bits per heavy atom. The van der Waals surface area contributed by atoms with Crippen molar-refractivity contribution in [1.82, 2.24) is 0 Å². The third kappa shape index (κ3) is 30.8. The Hall–Kier alpha value is -1.80. The van der Waals surface area contributed by atoms with Crippen LogP contribution >= 0.6 is 0 Å². The second kappa shape index (κ2) is 11.1. The molecular weight excluding hydrogens is 136 g/mol. The van der Waals surface area contributed by atoms with E-state index in [1.165, 1.54) is 6.08 Å². The van der Waals surface area contributed by atoms with Gasteiger partial charge >= 0.3 is 0 Å². The molecule has 0 radical (unpaired) electrons.